The second kappa shape index (κ2) is 7.18. The summed E-state index contributed by atoms with van der Waals surface area (Å²) >= 11 is 0. The summed E-state index contributed by atoms with van der Waals surface area (Å²) in [6.45, 7) is 0. The smallest absolute Gasteiger partial charge is 0.335 e. The van der Waals surface area contributed by atoms with Crippen LogP contribution in [0, 0.1) is 0 Å². The maximum absolute atomic E-state index is 10.9. The van der Waals surface area contributed by atoms with E-state index in [2.05, 4.69) is 5.16 Å². The quantitative estimate of drug-likeness (QED) is 0.720. The van der Waals surface area contributed by atoms with Crippen molar-refractivity contribution < 1.29 is 28.6 Å². The van der Waals surface area contributed by atoms with Crippen LogP contribution < -0.4 is 14.2 Å². The summed E-state index contributed by atoms with van der Waals surface area (Å²) in [5.41, 5.74) is 2.26. The SMILES string of the molecule is COc1cc(-c2cc(-c3ccc(C(=O)O)cc3)no2)cc(OC)c1OC. The molecule has 7 nitrogen and oxygen atoms in total. The van der Waals surface area contributed by atoms with Gasteiger partial charge in [-0.2, -0.15) is 0 Å². The fourth-order valence-corrected chi connectivity index (χ4v) is 2.55. The van der Waals surface area contributed by atoms with Gasteiger partial charge in [0, 0.05) is 17.2 Å². The molecule has 0 saturated carbocycles. The molecule has 3 rings (SSSR count). The number of hydrogen-bond acceptors (Lipinski definition) is 6. The Kier molecular flexibility index (Phi) is 4.79. The van der Waals surface area contributed by atoms with Gasteiger partial charge >= 0.3 is 5.97 Å². The maximum atomic E-state index is 10.9. The first-order valence-electron chi connectivity index (χ1n) is 7.68. The van der Waals surface area contributed by atoms with Crippen molar-refractivity contribution in [1.82, 2.24) is 5.16 Å². The number of benzene rings is 2. The summed E-state index contributed by atoms with van der Waals surface area (Å²) in [4.78, 5) is 10.9. The number of aromatic nitrogens is 1. The van der Waals surface area contributed by atoms with E-state index in [4.69, 9.17) is 23.8 Å². The highest BCUT2D eigenvalue weighted by Crippen LogP contribution is 2.41. The molecular weight excluding hydrogens is 338 g/mol. The lowest BCUT2D eigenvalue weighted by Gasteiger charge is -2.12. The van der Waals surface area contributed by atoms with Gasteiger partial charge in [-0.15, -0.1) is 0 Å². The number of nitrogens with zero attached hydrogens (tertiary/aromatic N) is 1. The fraction of sp³-hybridized carbons (Fsp3) is 0.158. The number of carboxylic acids is 1. The zero-order valence-corrected chi connectivity index (χ0v) is 14.5. The van der Waals surface area contributed by atoms with E-state index in [-0.39, 0.29) is 5.56 Å². The van der Waals surface area contributed by atoms with E-state index in [1.54, 1.807) is 30.3 Å². The van der Waals surface area contributed by atoms with Crippen molar-refractivity contribution in [3.63, 3.8) is 0 Å². The van der Waals surface area contributed by atoms with Crippen molar-refractivity contribution in [2.45, 2.75) is 0 Å². The lowest BCUT2D eigenvalue weighted by molar-refractivity contribution is 0.0697. The summed E-state index contributed by atoms with van der Waals surface area (Å²) < 4.78 is 21.4. The minimum absolute atomic E-state index is 0.210. The Balaban J connectivity index is 1.98. The Labute approximate surface area is 149 Å². The van der Waals surface area contributed by atoms with Gasteiger partial charge < -0.3 is 23.8 Å². The van der Waals surface area contributed by atoms with Crippen LogP contribution >= 0.6 is 0 Å². The Morgan fingerprint density at radius 3 is 2.04 bits per heavy atom. The van der Waals surface area contributed by atoms with Crippen molar-refractivity contribution in [3.8, 4) is 39.8 Å². The fourth-order valence-electron chi connectivity index (χ4n) is 2.55. The van der Waals surface area contributed by atoms with Crippen molar-refractivity contribution in [2.75, 3.05) is 21.3 Å². The average molecular weight is 355 g/mol. The van der Waals surface area contributed by atoms with Crippen molar-refractivity contribution in [3.05, 3.63) is 48.0 Å². The molecule has 1 N–H and O–H groups in total. The minimum Gasteiger partial charge on any atom is -0.493 e. The van der Waals surface area contributed by atoms with Crippen LogP contribution in [0.2, 0.25) is 0 Å². The van der Waals surface area contributed by atoms with E-state index in [9.17, 15) is 4.79 Å². The monoisotopic (exact) mass is 355 g/mol. The summed E-state index contributed by atoms with van der Waals surface area (Å²) in [6, 6.07) is 11.7. The molecule has 26 heavy (non-hydrogen) atoms. The van der Waals surface area contributed by atoms with Crippen LogP contribution in [0.4, 0.5) is 0 Å². The topological polar surface area (TPSA) is 91.0 Å². The molecule has 0 fully saturated rings. The van der Waals surface area contributed by atoms with Crippen LogP contribution in [0.1, 0.15) is 10.4 Å². The number of carbonyl (C=O) groups is 1. The number of ether oxygens (including phenoxy) is 3. The van der Waals surface area contributed by atoms with Crippen LogP contribution in [0.15, 0.2) is 47.0 Å². The molecule has 1 heterocycles. The highest BCUT2D eigenvalue weighted by atomic mass is 16.5. The molecule has 0 bridgehead atoms. The summed E-state index contributed by atoms with van der Waals surface area (Å²) in [7, 11) is 4.61. The minimum atomic E-state index is -0.977. The molecular formula is C19H17NO6. The lowest BCUT2D eigenvalue weighted by Crippen LogP contribution is -1.95. The second-order valence-corrected chi connectivity index (χ2v) is 5.37. The normalized spacial score (nSPS) is 10.4. The highest BCUT2D eigenvalue weighted by molar-refractivity contribution is 5.88. The predicted octanol–water partition coefficient (Wildman–Crippen LogP) is 3.73. The zero-order valence-electron chi connectivity index (χ0n) is 14.5. The van der Waals surface area contributed by atoms with Crippen molar-refractivity contribution in [2.24, 2.45) is 0 Å². The molecule has 3 aromatic rings. The largest absolute Gasteiger partial charge is 0.493 e. The average Bonchev–Trinajstić information content (AvgIpc) is 3.17. The molecule has 0 radical (unpaired) electrons. The summed E-state index contributed by atoms with van der Waals surface area (Å²) in [5, 5.41) is 13.0. The molecule has 0 atom stereocenters. The van der Waals surface area contributed by atoms with Crippen molar-refractivity contribution in [1.29, 1.82) is 0 Å². The Morgan fingerprint density at radius 1 is 0.923 bits per heavy atom. The molecule has 2 aromatic carbocycles. The molecule has 0 amide bonds. The van der Waals surface area contributed by atoms with E-state index >= 15 is 0 Å². The third kappa shape index (κ3) is 3.19. The molecule has 0 aliphatic carbocycles. The highest BCUT2D eigenvalue weighted by Gasteiger charge is 2.17. The van der Waals surface area contributed by atoms with E-state index in [1.807, 2.05) is 0 Å². The van der Waals surface area contributed by atoms with Gasteiger partial charge in [0.2, 0.25) is 5.75 Å². The second-order valence-electron chi connectivity index (χ2n) is 5.37. The van der Waals surface area contributed by atoms with Gasteiger partial charge in [0.05, 0.1) is 26.9 Å². The van der Waals surface area contributed by atoms with Crippen LogP contribution in [0.5, 0.6) is 17.2 Å². The van der Waals surface area contributed by atoms with Gasteiger partial charge in [-0.3, -0.25) is 0 Å². The Hall–Kier alpha value is -3.48. The number of hydrogen-bond donors (Lipinski definition) is 1. The standard InChI is InChI=1S/C19H17NO6/c1-23-16-8-13(9-17(24-2)18(16)25-3)15-10-14(20-26-15)11-4-6-12(7-5-11)19(21)22/h4-10H,1-3H3,(H,21,22). The molecule has 0 unspecified atom stereocenters. The molecule has 0 aliphatic rings. The number of rotatable bonds is 6. The van der Waals surface area contributed by atoms with Crippen LogP contribution in [0.25, 0.3) is 22.6 Å². The van der Waals surface area contributed by atoms with Gasteiger partial charge in [-0.1, -0.05) is 17.3 Å². The third-order valence-electron chi connectivity index (χ3n) is 3.89. The van der Waals surface area contributed by atoms with Gasteiger partial charge in [-0.05, 0) is 24.3 Å². The van der Waals surface area contributed by atoms with Gasteiger partial charge in [-0.25, -0.2) is 4.79 Å². The molecule has 1 aromatic heterocycles. The van der Waals surface area contributed by atoms with Gasteiger partial charge in [0.25, 0.3) is 0 Å². The van der Waals surface area contributed by atoms with E-state index in [0.29, 0.717) is 34.3 Å². The first-order valence-corrected chi connectivity index (χ1v) is 7.68. The Morgan fingerprint density at radius 2 is 1.54 bits per heavy atom. The summed E-state index contributed by atoms with van der Waals surface area (Å²) in [5.74, 6) is 1.04. The maximum Gasteiger partial charge on any atom is 0.335 e. The first kappa shape index (κ1) is 17.3. The van der Waals surface area contributed by atoms with Crippen LogP contribution in [-0.4, -0.2) is 37.6 Å². The van der Waals surface area contributed by atoms with Gasteiger partial charge in [0.15, 0.2) is 17.3 Å². The number of methoxy groups -OCH3 is 3. The molecule has 0 saturated heterocycles. The molecule has 0 spiro atoms. The van der Waals surface area contributed by atoms with Crippen LogP contribution in [-0.2, 0) is 0 Å². The first-order chi connectivity index (χ1) is 12.6. The summed E-state index contributed by atoms with van der Waals surface area (Å²) in [6.07, 6.45) is 0. The predicted molar refractivity (Wildman–Crippen MR) is 94.0 cm³/mol. The molecule has 134 valence electrons. The van der Waals surface area contributed by atoms with E-state index < -0.39 is 5.97 Å². The Bertz CT molecular complexity index is 904. The molecule has 7 heteroatoms. The van der Waals surface area contributed by atoms with E-state index in [0.717, 1.165) is 5.56 Å². The third-order valence-corrected chi connectivity index (χ3v) is 3.89. The van der Waals surface area contributed by atoms with Crippen LogP contribution in [0.3, 0.4) is 0 Å². The zero-order chi connectivity index (χ0) is 18.7. The number of aromatic carboxylic acids is 1. The van der Waals surface area contributed by atoms with Crippen molar-refractivity contribution >= 4 is 5.97 Å². The van der Waals surface area contributed by atoms with E-state index in [1.165, 1.54) is 33.5 Å². The number of carboxylic acid groups (broad SMARTS) is 1. The lowest BCUT2D eigenvalue weighted by atomic mass is 10.1. The van der Waals surface area contributed by atoms with Gasteiger partial charge in [0.1, 0.15) is 5.69 Å². The molecule has 0 aliphatic heterocycles.